The van der Waals surface area contributed by atoms with Gasteiger partial charge in [-0.05, 0) is 30.2 Å². The van der Waals surface area contributed by atoms with Crippen molar-refractivity contribution in [1.82, 2.24) is 15.2 Å². The van der Waals surface area contributed by atoms with E-state index in [9.17, 15) is 9.59 Å². The number of ether oxygens (including phenoxy) is 1. The standard InChI is InChI=1S/C20H18ClN3O3S/c1-22-18(25)9-12-3-4-13(10-14(12)21)27-16-5-6-23-15-11-17(28-19(15)16)20(26)24-7-2-8-24/h3-6,10-11H,2,7-9H2,1H3,(H,22,25). The van der Waals surface area contributed by atoms with Crippen molar-refractivity contribution in [2.45, 2.75) is 12.8 Å². The third kappa shape index (κ3) is 3.68. The summed E-state index contributed by atoms with van der Waals surface area (Å²) < 4.78 is 6.83. The molecule has 8 heteroatoms. The molecule has 2 amide bonds. The van der Waals surface area contributed by atoms with Crippen molar-refractivity contribution in [3.8, 4) is 11.5 Å². The summed E-state index contributed by atoms with van der Waals surface area (Å²) >= 11 is 7.68. The maximum Gasteiger partial charge on any atom is 0.264 e. The number of hydrogen-bond donors (Lipinski definition) is 1. The Bertz CT molecular complexity index is 1060. The van der Waals surface area contributed by atoms with E-state index in [-0.39, 0.29) is 18.2 Å². The predicted octanol–water partition coefficient (Wildman–Crippen LogP) is 3.88. The SMILES string of the molecule is CNC(=O)Cc1ccc(Oc2ccnc3cc(C(=O)N4CCC4)sc23)cc1Cl. The number of amides is 2. The normalized spacial score (nSPS) is 13.3. The van der Waals surface area contributed by atoms with Crippen molar-refractivity contribution in [2.75, 3.05) is 20.1 Å². The molecule has 144 valence electrons. The molecule has 0 unspecified atom stereocenters. The van der Waals surface area contributed by atoms with E-state index in [1.54, 1.807) is 37.5 Å². The van der Waals surface area contributed by atoms with Gasteiger partial charge in [0, 0.05) is 37.4 Å². The molecule has 0 radical (unpaired) electrons. The number of nitrogens with zero attached hydrogens (tertiary/aromatic N) is 2. The number of thiophene rings is 1. The van der Waals surface area contributed by atoms with Gasteiger partial charge in [-0.2, -0.15) is 0 Å². The molecule has 1 aliphatic heterocycles. The van der Waals surface area contributed by atoms with Crippen LogP contribution in [-0.4, -0.2) is 41.8 Å². The Hall–Kier alpha value is -2.64. The van der Waals surface area contributed by atoms with Gasteiger partial charge in [0.2, 0.25) is 5.91 Å². The summed E-state index contributed by atoms with van der Waals surface area (Å²) in [6.07, 6.45) is 2.92. The zero-order valence-electron chi connectivity index (χ0n) is 15.2. The Kier molecular flexibility index (Phi) is 5.19. The molecule has 3 heterocycles. The summed E-state index contributed by atoms with van der Waals surface area (Å²) in [5, 5.41) is 3.04. The first kappa shape index (κ1) is 18.7. The Morgan fingerprint density at radius 3 is 2.79 bits per heavy atom. The van der Waals surface area contributed by atoms with Gasteiger partial charge >= 0.3 is 0 Å². The summed E-state index contributed by atoms with van der Waals surface area (Å²) in [5.41, 5.74) is 1.46. The molecule has 1 fully saturated rings. The minimum absolute atomic E-state index is 0.0433. The van der Waals surface area contributed by atoms with Crippen LogP contribution in [-0.2, 0) is 11.2 Å². The zero-order valence-corrected chi connectivity index (χ0v) is 16.8. The maximum absolute atomic E-state index is 12.5. The molecule has 0 aliphatic carbocycles. The molecule has 1 N–H and O–H groups in total. The molecule has 2 aromatic heterocycles. The van der Waals surface area contributed by atoms with Gasteiger partial charge < -0.3 is 15.0 Å². The number of aromatic nitrogens is 1. The number of fused-ring (bicyclic) bond motifs is 1. The highest BCUT2D eigenvalue weighted by atomic mass is 35.5. The predicted molar refractivity (Wildman–Crippen MR) is 109 cm³/mol. The molecule has 4 rings (SSSR count). The van der Waals surface area contributed by atoms with Crippen LogP contribution in [0.3, 0.4) is 0 Å². The van der Waals surface area contributed by atoms with Gasteiger partial charge in [0.25, 0.3) is 5.91 Å². The third-order valence-corrected chi connectivity index (χ3v) is 6.09. The number of carbonyl (C=O) groups excluding carboxylic acids is 2. The smallest absolute Gasteiger partial charge is 0.264 e. The van der Waals surface area contributed by atoms with Crippen LogP contribution in [0, 0.1) is 0 Å². The first-order valence-electron chi connectivity index (χ1n) is 8.90. The van der Waals surface area contributed by atoms with E-state index in [0.717, 1.165) is 35.3 Å². The van der Waals surface area contributed by atoms with Crippen molar-refractivity contribution >= 4 is 45.0 Å². The lowest BCUT2D eigenvalue weighted by atomic mass is 10.1. The van der Waals surface area contributed by atoms with E-state index < -0.39 is 0 Å². The molecule has 0 spiro atoms. The number of benzene rings is 1. The van der Waals surface area contributed by atoms with Gasteiger partial charge in [-0.1, -0.05) is 17.7 Å². The Labute approximate surface area is 171 Å². The summed E-state index contributed by atoms with van der Waals surface area (Å²) in [5.74, 6) is 1.11. The van der Waals surface area contributed by atoms with Crippen LogP contribution in [0.5, 0.6) is 11.5 Å². The zero-order chi connectivity index (χ0) is 19.7. The molecule has 1 aromatic carbocycles. The van der Waals surface area contributed by atoms with E-state index in [1.165, 1.54) is 11.3 Å². The fourth-order valence-corrected chi connectivity index (χ4v) is 4.17. The van der Waals surface area contributed by atoms with Crippen LogP contribution >= 0.6 is 22.9 Å². The highest BCUT2D eigenvalue weighted by molar-refractivity contribution is 7.21. The van der Waals surface area contributed by atoms with Crippen molar-refractivity contribution < 1.29 is 14.3 Å². The summed E-state index contributed by atoms with van der Waals surface area (Å²) in [6, 6.07) is 8.82. The van der Waals surface area contributed by atoms with Crippen molar-refractivity contribution in [1.29, 1.82) is 0 Å². The van der Waals surface area contributed by atoms with Crippen LogP contribution in [0.4, 0.5) is 0 Å². The molecule has 1 aliphatic rings. The lowest BCUT2D eigenvalue weighted by molar-refractivity contribution is -0.119. The van der Waals surface area contributed by atoms with Crippen molar-refractivity contribution in [3.05, 3.63) is 52.0 Å². The molecule has 3 aromatic rings. The van der Waals surface area contributed by atoms with E-state index >= 15 is 0 Å². The minimum Gasteiger partial charge on any atom is -0.456 e. The van der Waals surface area contributed by atoms with E-state index in [4.69, 9.17) is 16.3 Å². The fourth-order valence-electron chi connectivity index (χ4n) is 2.90. The third-order valence-electron chi connectivity index (χ3n) is 4.61. The lowest BCUT2D eigenvalue weighted by Gasteiger charge is -2.30. The topological polar surface area (TPSA) is 71.5 Å². The van der Waals surface area contributed by atoms with Gasteiger partial charge in [-0.15, -0.1) is 11.3 Å². The first-order valence-corrected chi connectivity index (χ1v) is 10.1. The molecular formula is C20H18ClN3O3S. The lowest BCUT2D eigenvalue weighted by Crippen LogP contribution is -2.41. The highest BCUT2D eigenvalue weighted by Gasteiger charge is 2.24. The minimum atomic E-state index is -0.107. The van der Waals surface area contributed by atoms with Gasteiger partial charge in [0.05, 0.1) is 21.5 Å². The van der Waals surface area contributed by atoms with Crippen LogP contribution in [0.15, 0.2) is 36.5 Å². The Morgan fingerprint density at radius 1 is 1.29 bits per heavy atom. The molecule has 1 saturated heterocycles. The molecule has 0 atom stereocenters. The second-order valence-corrected chi connectivity index (χ2v) is 7.94. The monoisotopic (exact) mass is 415 g/mol. The molecule has 0 saturated carbocycles. The highest BCUT2D eigenvalue weighted by Crippen LogP contribution is 2.36. The summed E-state index contributed by atoms with van der Waals surface area (Å²) in [7, 11) is 1.59. The molecule has 28 heavy (non-hydrogen) atoms. The number of nitrogens with one attached hydrogen (secondary N) is 1. The number of halogens is 1. The summed E-state index contributed by atoms with van der Waals surface area (Å²) in [4.78, 5) is 30.9. The number of carbonyl (C=O) groups is 2. The van der Waals surface area contributed by atoms with Crippen LogP contribution < -0.4 is 10.1 Å². The Balaban J connectivity index is 1.59. The number of hydrogen-bond acceptors (Lipinski definition) is 5. The van der Waals surface area contributed by atoms with Gasteiger partial charge in [0.1, 0.15) is 11.5 Å². The second-order valence-electron chi connectivity index (χ2n) is 6.49. The number of rotatable bonds is 5. The van der Waals surface area contributed by atoms with E-state index in [2.05, 4.69) is 10.3 Å². The summed E-state index contributed by atoms with van der Waals surface area (Å²) in [6.45, 7) is 1.62. The van der Waals surface area contributed by atoms with Gasteiger partial charge in [-0.3, -0.25) is 14.6 Å². The first-order chi connectivity index (χ1) is 13.5. The van der Waals surface area contributed by atoms with Gasteiger partial charge in [0.15, 0.2) is 0 Å². The van der Waals surface area contributed by atoms with E-state index in [1.807, 2.05) is 11.0 Å². The van der Waals surface area contributed by atoms with Crippen molar-refractivity contribution in [2.24, 2.45) is 0 Å². The average molecular weight is 416 g/mol. The molecular weight excluding hydrogens is 398 g/mol. The number of pyridine rings is 1. The second kappa shape index (κ2) is 7.77. The number of likely N-dealkylation sites (tertiary alicyclic amines) is 1. The largest absolute Gasteiger partial charge is 0.456 e. The van der Waals surface area contributed by atoms with Crippen LogP contribution in [0.25, 0.3) is 10.2 Å². The molecule has 6 nitrogen and oxygen atoms in total. The maximum atomic E-state index is 12.5. The molecule has 0 bridgehead atoms. The van der Waals surface area contributed by atoms with E-state index in [0.29, 0.717) is 21.4 Å². The quantitative estimate of drug-likeness (QED) is 0.686. The van der Waals surface area contributed by atoms with Gasteiger partial charge in [-0.25, -0.2) is 0 Å². The Morgan fingerprint density at radius 2 is 2.11 bits per heavy atom. The fraction of sp³-hybridized carbons (Fsp3) is 0.250. The number of likely N-dealkylation sites (N-methyl/N-ethyl adjacent to an activating group) is 1. The average Bonchev–Trinajstić information content (AvgIpc) is 3.08. The van der Waals surface area contributed by atoms with Crippen LogP contribution in [0.2, 0.25) is 5.02 Å². The van der Waals surface area contributed by atoms with Crippen molar-refractivity contribution in [3.63, 3.8) is 0 Å². The van der Waals surface area contributed by atoms with Crippen LogP contribution in [0.1, 0.15) is 21.7 Å².